The Labute approximate surface area is 85.6 Å². The van der Waals surface area contributed by atoms with Crippen molar-refractivity contribution in [3.05, 3.63) is 0 Å². The van der Waals surface area contributed by atoms with Crippen LogP contribution in [0, 0.1) is 5.92 Å². The number of nitrogens with one attached hydrogen (secondary N) is 1. The first-order chi connectivity index (χ1) is 6.72. The van der Waals surface area contributed by atoms with Crippen molar-refractivity contribution < 1.29 is 9.53 Å². The number of hydrogen-bond donors (Lipinski definition) is 1. The lowest BCUT2D eigenvalue weighted by atomic mass is 10.1. The Morgan fingerprint density at radius 2 is 2.43 bits per heavy atom. The molecule has 0 aromatic heterocycles. The lowest BCUT2D eigenvalue weighted by Crippen LogP contribution is -2.35. The maximum atomic E-state index is 11.2. The van der Waals surface area contributed by atoms with Crippen LogP contribution in [0.4, 0.5) is 0 Å². The lowest BCUT2D eigenvalue weighted by molar-refractivity contribution is -0.143. The van der Waals surface area contributed by atoms with E-state index >= 15 is 0 Å². The SMILES string of the molecule is CNCC(C)CN1CCCOC(=O)C1. The summed E-state index contributed by atoms with van der Waals surface area (Å²) in [6, 6.07) is 0. The van der Waals surface area contributed by atoms with Crippen LogP contribution in [-0.4, -0.2) is 50.7 Å². The highest BCUT2D eigenvalue weighted by Crippen LogP contribution is 2.04. The number of esters is 1. The van der Waals surface area contributed by atoms with E-state index in [4.69, 9.17) is 4.74 Å². The zero-order valence-corrected chi connectivity index (χ0v) is 9.08. The molecule has 1 rings (SSSR count). The molecule has 0 saturated carbocycles. The number of carbonyl (C=O) groups is 1. The van der Waals surface area contributed by atoms with Gasteiger partial charge in [-0.3, -0.25) is 9.69 Å². The molecule has 4 nitrogen and oxygen atoms in total. The molecule has 0 spiro atoms. The lowest BCUT2D eigenvalue weighted by Gasteiger charge is -2.22. The molecule has 0 radical (unpaired) electrons. The van der Waals surface area contributed by atoms with E-state index in [1.165, 1.54) is 0 Å². The summed E-state index contributed by atoms with van der Waals surface area (Å²) < 4.78 is 4.98. The van der Waals surface area contributed by atoms with Gasteiger partial charge in [0.15, 0.2) is 0 Å². The minimum absolute atomic E-state index is 0.0841. The van der Waals surface area contributed by atoms with Gasteiger partial charge in [0.05, 0.1) is 13.2 Å². The van der Waals surface area contributed by atoms with E-state index in [1.807, 2.05) is 7.05 Å². The molecule has 0 aromatic carbocycles. The standard InChI is InChI=1S/C10H20N2O2/c1-9(6-11-2)7-12-4-3-5-14-10(13)8-12/h9,11H,3-8H2,1-2H3. The summed E-state index contributed by atoms with van der Waals surface area (Å²) in [5, 5.41) is 3.14. The van der Waals surface area contributed by atoms with E-state index in [-0.39, 0.29) is 5.97 Å². The number of cyclic esters (lactones) is 1. The molecule has 1 aliphatic heterocycles. The van der Waals surface area contributed by atoms with Crippen molar-refractivity contribution in [2.45, 2.75) is 13.3 Å². The van der Waals surface area contributed by atoms with E-state index in [2.05, 4.69) is 17.1 Å². The third kappa shape index (κ3) is 4.07. The minimum Gasteiger partial charge on any atom is -0.465 e. The molecule has 1 saturated heterocycles. The zero-order chi connectivity index (χ0) is 10.4. The van der Waals surface area contributed by atoms with Crippen LogP contribution in [0.15, 0.2) is 0 Å². The highest BCUT2D eigenvalue weighted by atomic mass is 16.5. The van der Waals surface area contributed by atoms with E-state index in [1.54, 1.807) is 0 Å². The average molecular weight is 200 g/mol. The Kier molecular flexibility index (Phi) is 4.90. The first-order valence-electron chi connectivity index (χ1n) is 5.25. The Bertz CT molecular complexity index is 185. The fraction of sp³-hybridized carbons (Fsp3) is 0.900. The van der Waals surface area contributed by atoms with Crippen molar-refractivity contribution in [3.8, 4) is 0 Å². The summed E-state index contributed by atoms with van der Waals surface area (Å²) in [6.45, 7) is 6.15. The normalized spacial score (nSPS) is 21.4. The van der Waals surface area contributed by atoms with Crippen LogP contribution in [0.2, 0.25) is 0 Å². The second-order valence-electron chi connectivity index (χ2n) is 3.97. The number of hydrogen-bond acceptors (Lipinski definition) is 4. The number of ether oxygens (including phenoxy) is 1. The number of rotatable bonds is 4. The van der Waals surface area contributed by atoms with E-state index in [9.17, 15) is 4.79 Å². The van der Waals surface area contributed by atoms with Crippen LogP contribution in [0.5, 0.6) is 0 Å². The topological polar surface area (TPSA) is 41.6 Å². The summed E-state index contributed by atoms with van der Waals surface area (Å²) in [5.74, 6) is 0.491. The zero-order valence-electron chi connectivity index (χ0n) is 9.08. The van der Waals surface area contributed by atoms with Crippen LogP contribution in [0.3, 0.4) is 0 Å². The molecular weight excluding hydrogens is 180 g/mol. The van der Waals surface area contributed by atoms with Gasteiger partial charge in [-0.05, 0) is 25.9 Å². The monoisotopic (exact) mass is 200 g/mol. The fourth-order valence-corrected chi connectivity index (χ4v) is 1.79. The highest BCUT2D eigenvalue weighted by Gasteiger charge is 2.17. The van der Waals surface area contributed by atoms with Crippen molar-refractivity contribution in [2.75, 3.05) is 39.8 Å². The first-order valence-corrected chi connectivity index (χ1v) is 5.25. The Morgan fingerprint density at radius 3 is 3.14 bits per heavy atom. The Morgan fingerprint density at radius 1 is 1.64 bits per heavy atom. The van der Waals surface area contributed by atoms with Gasteiger partial charge in [-0.15, -0.1) is 0 Å². The first kappa shape index (κ1) is 11.5. The van der Waals surface area contributed by atoms with Crippen LogP contribution < -0.4 is 5.32 Å². The second kappa shape index (κ2) is 5.98. The molecule has 0 amide bonds. The van der Waals surface area contributed by atoms with Crippen molar-refractivity contribution in [1.82, 2.24) is 10.2 Å². The second-order valence-corrected chi connectivity index (χ2v) is 3.97. The van der Waals surface area contributed by atoms with Crippen LogP contribution in [0.1, 0.15) is 13.3 Å². The predicted octanol–water partition coefficient (Wildman–Crippen LogP) is 0.0908. The maximum Gasteiger partial charge on any atom is 0.320 e. The summed E-state index contributed by atoms with van der Waals surface area (Å²) >= 11 is 0. The molecule has 0 bridgehead atoms. The quantitative estimate of drug-likeness (QED) is 0.653. The molecule has 14 heavy (non-hydrogen) atoms. The summed E-state index contributed by atoms with van der Waals surface area (Å²) in [5.41, 5.74) is 0. The molecule has 1 N–H and O–H groups in total. The third-order valence-corrected chi connectivity index (χ3v) is 2.36. The van der Waals surface area contributed by atoms with Gasteiger partial charge in [0.2, 0.25) is 0 Å². The molecule has 0 aliphatic carbocycles. The molecule has 1 unspecified atom stereocenters. The van der Waals surface area contributed by atoms with Gasteiger partial charge >= 0.3 is 5.97 Å². The molecular formula is C10H20N2O2. The molecule has 4 heteroatoms. The molecule has 1 heterocycles. The molecule has 1 aliphatic rings. The Balaban J connectivity index is 2.30. The van der Waals surface area contributed by atoms with Gasteiger partial charge in [-0.2, -0.15) is 0 Å². The van der Waals surface area contributed by atoms with Crippen LogP contribution in [0.25, 0.3) is 0 Å². The van der Waals surface area contributed by atoms with Gasteiger partial charge in [-0.25, -0.2) is 0 Å². The van der Waals surface area contributed by atoms with Crippen LogP contribution in [-0.2, 0) is 9.53 Å². The van der Waals surface area contributed by atoms with Crippen molar-refractivity contribution in [3.63, 3.8) is 0 Å². The van der Waals surface area contributed by atoms with Crippen molar-refractivity contribution in [1.29, 1.82) is 0 Å². The number of nitrogens with zero attached hydrogens (tertiary/aromatic N) is 1. The van der Waals surface area contributed by atoms with Crippen molar-refractivity contribution in [2.24, 2.45) is 5.92 Å². The number of carbonyl (C=O) groups excluding carboxylic acids is 1. The predicted molar refractivity (Wildman–Crippen MR) is 55.1 cm³/mol. The maximum absolute atomic E-state index is 11.2. The summed E-state index contributed by atoms with van der Waals surface area (Å²) in [4.78, 5) is 13.3. The van der Waals surface area contributed by atoms with Gasteiger partial charge in [0.1, 0.15) is 0 Å². The highest BCUT2D eigenvalue weighted by molar-refractivity contribution is 5.71. The van der Waals surface area contributed by atoms with E-state index in [0.717, 1.165) is 26.1 Å². The average Bonchev–Trinajstić information content (AvgIpc) is 2.30. The molecule has 0 aromatic rings. The van der Waals surface area contributed by atoms with Gasteiger partial charge in [-0.1, -0.05) is 6.92 Å². The van der Waals surface area contributed by atoms with Gasteiger partial charge < -0.3 is 10.1 Å². The molecule has 82 valence electrons. The van der Waals surface area contributed by atoms with E-state index < -0.39 is 0 Å². The summed E-state index contributed by atoms with van der Waals surface area (Å²) in [7, 11) is 1.95. The van der Waals surface area contributed by atoms with E-state index in [0.29, 0.717) is 19.1 Å². The smallest absolute Gasteiger partial charge is 0.320 e. The summed E-state index contributed by atoms with van der Waals surface area (Å²) in [6.07, 6.45) is 0.956. The van der Waals surface area contributed by atoms with Crippen LogP contribution >= 0.6 is 0 Å². The third-order valence-electron chi connectivity index (χ3n) is 2.36. The Hall–Kier alpha value is -0.610. The minimum atomic E-state index is -0.0841. The fourth-order valence-electron chi connectivity index (χ4n) is 1.79. The largest absolute Gasteiger partial charge is 0.465 e. The van der Waals surface area contributed by atoms with Gasteiger partial charge in [0.25, 0.3) is 0 Å². The molecule has 1 atom stereocenters. The van der Waals surface area contributed by atoms with Gasteiger partial charge in [0, 0.05) is 13.1 Å². The molecule has 1 fully saturated rings. The van der Waals surface area contributed by atoms with Crippen molar-refractivity contribution >= 4 is 5.97 Å².